The van der Waals surface area contributed by atoms with Crippen LogP contribution in [0.2, 0.25) is 0 Å². The molecule has 1 atom stereocenters. The van der Waals surface area contributed by atoms with Crippen LogP contribution in [0.25, 0.3) is 0 Å². The summed E-state index contributed by atoms with van der Waals surface area (Å²) in [6.07, 6.45) is 2.19. The number of nitrogens with two attached hydrogens (primary N) is 1. The largest absolute Gasteiger partial charge is 0.484 e. The van der Waals surface area contributed by atoms with Crippen molar-refractivity contribution in [2.45, 2.75) is 18.9 Å². The van der Waals surface area contributed by atoms with Crippen LogP contribution in [0.1, 0.15) is 23.6 Å². The normalized spacial score (nSPS) is 16.3. The van der Waals surface area contributed by atoms with E-state index in [1.807, 2.05) is 24.3 Å². The third-order valence-electron chi connectivity index (χ3n) is 3.69. The molecule has 1 aliphatic carbocycles. The van der Waals surface area contributed by atoms with Gasteiger partial charge in [0, 0.05) is 11.8 Å². The van der Waals surface area contributed by atoms with Crippen LogP contribution in [0.15, 0.2) is 48.5 Å². The first-order chi connectivity index (χ1) is 10.2. The maximum atomic E-state index is 10.8. The fraction of sp³-hybridized carbons (Fsp3) is 0.235. The molecule has 0 saturated heterocycles. The minimum atomic E-state index is -0.474. The van der Waals surface area contributed by atoms with E-state index in [9.17, 15) is 4.79 Å². The van der Waals surface area contributed by atoms with Gasteiger partial charge in [-0.15, -0.1) is 0 Å². The summed E-state index contributed by atoms with van der Waals surface area (Å²) in [5.74, 6) is 0.170. The lowest BCUT2D eigenvalue weighted by Crippen LogP contribution is -2.20. The van der Waals surface area contributed by atoms with Gasteiger partial charge in [0.05, 0.1) is 6.04 Å². The number of fused-ring (bicyclic) bond motifs is 1. The first-order valence-electron chi connectivity index (χ1n) is 7.08. The zero-order valence-corrected chi connectivity index (χ0v) is 11.7. The Hall–Kier alpha value is -2.49. The van der Waals surface area contributed by atoms with Gasteiger partial charge in [-0.25, -0.2) is 0 Å². The molecule has 2 aromatic rings. The maximum Gasteiger partial charge on any atom is 0.255 e. The summed E-state index contributed by atoms with van der Waals surface area (Å²) in [4.78, 5) is 10.8. The molecule has 21 heavy (non-hydrogen) atoms. The summed E-state index contributed by atoms with van der Waals surface area (Å²) >= 11 is 0. The van der Waals surface area contributed by atoms with Crippen LogP contribution in [-0.4, -0.2) is 12.5 Å². The molecule has 0 spiro atoms. The summed E-state index contributed by atoms with van der Waals surface area (Å²) in [5.41, 5.74) is 8.84. The van der Waals surface area contributed by atoms with Crippen LogP contribution in [0, 0.1) is 0 Å². The maximum absolute atomic E-state index is 10.8. The number of hydrogen-bond donors (Lipinski definition) is 2. The number of benzene rings is 2. The average Bonchev–Trinajstić information content (AvgIpc) is 2.89. The molecule has 3 N–H and O–H groups in total. The van der Waals surface area contributed by atoms with E-state index < -0.39 is 5.91 Å². The molecular weight excluding hydrogens is 264 g/mol. The molecule has 1 amide bonds. The number of carbonyl (C=O) groups is 1. The van der Waals surface area contributed by atoms with Crippen molar-refractivity contribution < 1.29 is 9.53 Å². The summed E-state index contributed by atoms with van der Waals surface area (Å²) < 4.78 is 5.33. The number of primary amides is 1. The quantitative estimate of drug-likeness (QED) is 0.886. The predicted octanol–water partition coefficient (Wildman–Crippen LogP) is 2.65. The van der Waals surface area contributed by atoms with Crippen molar-refractivity contribution >= 4 is 11.6 Å². The molecule has 0 aromatic heterocycles. The number of rotatable bonds is 5. The van der Waals surface area contributed by atoms with Crippen LogP contribution in [-0.2, 0) is 11.2 Å². The number of aryl methyl sites for hydroxylation is 1. The van der Waals surface area contributed by atoms with E-state index in [2.05, 4.69) is 29.6 Å². The first kappa shape index (κ1) is 13.5. The lowest BCUT2D eigenvalue weighted by atomic mass is 10.1. The van der Waals surface area contributed by atoms with Gasteiger partial charge in [0.1, 0.15) is 5.75 Å². The minimum Gasteiger partial charge on any atom is -0.484 e. The Morgan fingerprint density at radius 3 is 2.95 bits per heavy atom. The van der Waals surface area contributed by atoms with Crippen molar-refractivity contribution in [3.8, 4) is 5.75 Å². The van der Waals surface area contributed by atoms with Crippen LogP contribution in [0.3, 0.4) is 0 Å². The topological polar surface area (TPSA) is 64.4 Å². The molecule has 0 radical (unpaired) electrons. The molecule has 3 rings (SSSR count). The van der Waals surface area contributed by atoms with Crippen LogP contribution < -0.4 is 15.8 Å². The van der Waals surface area contributed by atoms with Crippen molar-refractivity contribution in [3.63, 3.8) is 0 Å². The van der Waals surface area contributed by atoms with Gasteiger partial charge in [0.25, 0.3) is 5.91 Å². The standard InChI is InChI=1S/C17H18N2O2/c18-17(20)11-21-14-6-3-5-13(10-14)19-16-9-8-12-4-1-2-7-15(12)16/h1-7,10,16,19H,8-9,11H2,(H2,18,20). The Morgan fingerprint density at radius 2 is 2.10 bits per heavy atom. The summed E-state index contributed by atoms with van der Waals surface area (Å²) in [6, 6.07) is 16.5. The third kappa shape index (κ3) is 3.16. The molecule has 1 aliphatic rings. The Morgan fingerprint density at radius 1 is 1.24 bits per heavy atom. The Kier molecular flexibility index (Phi) is 3.77. The fourth-order valence-electron chi connectivity index (χ4n) is 2.74. The number of amides is 1. The van der Waals surface area contributed by atoms with E-state index >= 15 is 0 Å². The Labute approximate surface area is 123 Å². The summed E-state index contributed by atoms with van der Waals surface area (Å²) in [7, 11) is 0. The summed E-state index contributed by atoms with van der Waals surface area (Å²) in [5, 5.41) is 3.53. The molecule has 108 valence electrons. The average molecular weight is 282 g/mol. The molecule has 0 saturated carbocycles. The van der Waals surface area contributed by atoms with Crippen LogP contribution in [0.4, 0.5) is 5.69 Å². The van der Waals surface area contributed by atoms with E-state index in [1.165, 1.54) is 11.1 Å². The van der Waals surface area contributed by atoms with Gasteiger partial charge in [-0.1, -0.05) is 30.3 Å². The SMILES string of the molecule is NC(=O)COc1cccc(NC2CCc3ccccc32)c1. The number of hydrogen-bond acceptors (Lipinski definition) is 3. The highest BCUT2D eigenvalue weighted by molar-refractivity contribution is 5.75. The highest BCUT2D eigenvalue weighted by atomic mass is 16.5. The predicted molar refractivity (Wildman–Crippen MR) is 82.3 cm³/mol. The highest BCUT2D eigenvalue weighted by Gasteiger charge is 2.21. The molecule has 0 fully saturated rings. The number of carbonyl (C=O) groups excluding carboxylic acids is 1. The van der Waals surface area contributed by atoms with Gasteiger partial charge in [0.2, 0.25) is 0 Å². The number of nitrogens with one attached hydrogen (secondary N) is 1. The first-order valence-corrected chi connectivity index (χ1v) is 7.08. The summed E-state index contributed by atoms with van der Waals surface area (Å²) in [6.45, 7) is -0.101. The second-order valence-corrected chi connectivity index (χ2v) is 5.22. The van der Waals surface area contributed by atoms with E-state index in [1.54, 1.807) is 0 Å². The second-order valence-electron chi connectivity index (χ2n) is 5.22. The monoisotopic (exact) mass is 282 g/mol. The van der Waals surface area contributed by atoms with Gasteiger partial charge >= 0.3 is 0 Å². The molecule has 0 heterocycles. The van der Waals surface area contributed by atoms with E-state index in [4.69, 9.17) is 10.5 Å². The van der Waals surface area contributed by atoms with Crippen molar-refractivity contribution in [2.75, 3.05) is 11.9 Å². The third-order valence-corrected chi connectivity index (χ3v) is 3.69. The Bertz CT molecular complexity index is 655. The molecule has 4 heteroatoms. The molecule has 0 bridgehead atoms. The van der Waals surface area contributed by atoms with E-state index in [0.717, 1.165) is 18.5 Å². The van der Waals surface area contributed by atoms with Gasteiger partial charge < -0.3 is 15.8 Å². The van der Waals surface area contributed by atoms with Gasteiger partial charge in [-0.05, 0) is 36.1 Å². The second kappa shape index (κ2) is 5.87. The molecule has 4 nitrogen and oxygen atoms in total. The van der Waals surface area contributed by atoms with Crippen LogP contribution >= 0.6 is 0 Å². The van der Waals surface area contributed by atoms with Crippen molar-refractivity contribution in [1.82, 2.24) is 0 Å². The van der Waals surface area contributed by atoms with Crippen LogP contribution in [0.5, 0.6) is 5.75 Å². The zero-order valence-electron chi connectivity index (χ0n) is 11.7. The minimum absolute atomic E-state index is 0.101. The van der Waals surface area contributed by atoms with Crippen molar-refractivity contribution in [2.24, 2.45) is 5.73 Å². The molecule has 2 aromatic carbocycles. The van der Waals surface area contributed by atoms with Gasteiger partial charge in [-0.3, -0.25) is 4.79 Å². The molecule has 1 unspecified atom stereocenters. The smallest absolute Gasteiger partial charge is 0.255 e. The van der Waals surface area contributed by atoms with Gasteiger partial charge in [-0.2, -0.15) is 0 Å². The fourth-order valence-corrected chi connectivity index (χ4v) is 2.74. The number of ether oxygens (including phenoxy) is 1. The Balaban J connectivity index is 1.71. The molecule has 0 aliphatic heterocycles. The number of anilines is 1. The molecular formula is C17H18N2O2. The lowest BCUT2D eigenvalue weighted by molar-refractivity contribution is -0.119. The zero-order chi connectivity index (χ0) is 14.7. The highest BCUT2D eigenvalue weighted by Crippen LogP contribution is 2.34. The van der Waals surface area contributed by atoms with E-state index in [-0.39, 0.29) is 6.61 Å². The van der Waals surface area contributed by atoms with Crippen molar-refractivity contribution in [3.05, 3.63) is 59.7 Å². The lowest BCUT2D eigenvalue weighted by Gasteiger charge is -2.16. The van der Waals surface area contributed by atoms with Crippen molar-refractivity contribution in [1.29, 1.82) is 0 Å². The van der Waals surface area contributed by atoms with Gasteiger partial charge in [0.15, 0.2) is 6.61 Å². The van der Waals surface area contributed by atoms with E-state index in [0.29, 0.717) is 11.8 Å².